The average molecular weight is 677 g/mol. The predicted molar refractivity (Wildman–Crippen MR) is 150 cm³/mol. The van der Waals surface area contributed by atoms with E-state index in [1.54, 1.807) is 24.3 Å². The summed E-state index contributed by atoms with van der Waals surface area (Å²) in [5.74, 6) is -0.340. The number of carbonyl (C=O) groups is 2. The van der Waals surface area contributed by atoms with Crippen LogP contribution in [0.15, 0.2) is 61.4 Å². The number of ether oxygens (including phenoxy) is 2. The number of halogens is 6. The first-order valence-corrected chi connectivity index (χ1v) is 13.4. The monoisotopic (exact) mass is 676 g/mol. The number of nitrogens with zero attached hydrogens (tertiary/aromatic N) is 9. The highest BCUT2D eigenvalue weighted by Crippen LogP contribution is 2.29. The Hall–Kier alpha value is -5.92. The Morgan fingerprint density at radius 1 is 0.688 bits per heavy atom. The Labute approximate surface area is 265 Å². The van der Waals surface area contributed by atoms with Gasteiger partial charge in [0.2, 0.25) is 11.8 Å². The van der Waals surface area contributed by atoms with Crippen molar-refractivity contribution < 1.29 is 45.4 Å². The molecule has 2 N–H and O–H groups in total. The van der Waals surface area contributed by atoms with E-state index < -0.39 is 35.6 Å². The van der Waals surface area contributed by atoms with Crippen LogP contribution in [0.25, 0.3) is 11.6 Å². The van der Waals surface area contributed by atoms with Crippen LogP contribution in [0.2, 0.25) is 0 Å². The van der Waals surface area contributed by atoms with Crippen LogP contribution in [-0.2, 0) is 25.4 Å². The summed E-state index contributed by atoms with van der Waals surface area (Å²) in [6, 6.07) is 6.45. The van der Waals surface area contributed by atoms with Crippen molar-refractivity contribution >= 4 is 11.8 Å². The first-order valence-electron chi connectivity index (χ1n) is 13.4. The van der Waals surface area contributed by atoms with E-state index in [9.17, 15) is 35.9 Å². The Morgan fingerprint density at radius 3 is 1.48 bits per heavy atom. The quantitative estimate of drug-likeness (QED) is 0.197. The highest BCUT2D eigenvalue weighted by Gasteiger charge is 2.36. The van der Waals surface area contributed by atoms with Crippen molar-refractivity contribution in [1.82, 2.24) is 44.4 Å². The van der Waals surface area contributed by atoms with Crippen molar-refractivity contribution in [2.75, 3.05) is 14.2 Å². The lowest BCUT2D eigenvalue weighted by molar-refractivity contribution is -0.142. The third-order valence-electron chi connectivity index (χ3n) is 6.64. The number of aromatic nitrogens is 8. The number of alkyl halides is 6. The van der Waals surface area contributed by atoms with E-state index in [2.05, 4.69) is 30.1 Å². The van der Waals surface area contributed by atoms with Crippen molar-refractivity contribution in [2.45, 2.75) is 25.4 Å². The molecule has 1 aromatic carbocycles. The van der Waals surface area contributed by atoms with E-state index in [-0.39, 0.29) is 30.6 Å². The number of imide groups is 1. The Kier molecular flexibility index (Phi) is 9.10. The van der Waals surface area contributed by atoms with E-state index in [1.165, 1.54) is 36.0 Å². The fraction of sp³-hybridized carbons (Fsp3) is 0.214. The zero-order valence-corrected chi connectivity index (χ0v) is 24.7. The van der Waals surface area contributed by atoms with Gasteiger partial charge in [-0.3, -0.25) is 14.5 Å². The summed E-state index contributed by atoms with van der Waals surface area (Å²) in [5.41, 5.74) is 4.89. The molecule has 250 valence electrons. The molecule has 5 heterocycles. The standard InChI is InChI=1S/C18H12F3N5O3.C10H10F3N5O/c1-29-15-10(8-25-16(27)11-4-2-3-5-12(11)17(25)28)9-26(24-15)14-7-22-13(6-23-14)18(19,20)21;1-19-9-6(2-14)5-18(17-9)8-4-15-7(3-16-8)10(11,12)13/h2-7,9H,8H2,1H3;3-5H,2,14H2,1H3. The van der Waals surface area contributed by atoms with Crippen LogP contribution in [-0.4, -0.2) is 70.4 Å². The third-order valence-corrected chi connectivity index (χ3v) is 6.64. The molecule has 48 heavy (non-hydrogen) atoms. The van der Waals surface area contributed by atoms with E-state index in [4.69, 9.17) is 15.2 Å². The normalized spacial score (nSPS) is 12.9. The summed E-state index contributed by atoms with van der Waals surface area (Å²) in [6.07, 6.45) is -3.05. The summed E-state index contributed by atoms with van der Waals surface area (Å²) in [6.45, 7) is 0.0703. The fourth-order valence-electron chi connectivity index (χ4n) is 4.34. The van der Waals surface area contributed by atoms with Gasteiger partial charge < -0.3 is 15.2 Å². The number of methoxy groups -OCH3 is 2. The van der Waals surface area contributed by atoms with Gasteiger partial charge in [-0.05, 0) is 12.1 Å². The van der Waals surface area contributed by atoms with Crippen LogP contribution in [0.3, 0.4) is 0 Å². The van der Waals surface area contributed by atoms with Crippen LogP contribution >= 0.6 is 0 Å². The van der Waals surface area contributed by atoms with Gasteiger partial charge in [-0.2, -0.15) is 26.3 Å². The number of nitrogens with two attached hydrogens (primary N) is 1. The Balaban J connectivity index is 0.000000206. The molecule has 0 spiro atoms. The van der Waals surface area contributed by atoms with Gasteiger partial charge in [0.1, 0.15) is 0 Å². The number of rotatable bonds is 7. The predicted octanol–water partition coefficient (Wildman–Crippen LogP) is 3.63. The maximum absolute atomic E-state index is 12.6. The zero-order chi connectivity index (χ0) is 34.8. The van der Waals surface area contributed by atoms with Crippen LogP contribution in [0.1, 0.15) is 43.2 Å². The summed E-state index contributed by atoms with van der Waals surface area (Å²) in [4.78, 5) is 40.1. The minimum absolute atomic E-state index is 0.0184. The molecule has 1 aliphatic rings. The molecule has 0 saturated heterocycles. The fourth-order valence-corrected chi connectivity index (χ4v) is 4.34. The molecule has 14 nitrogen and oxygen atoms in total. The second-order valence-corrected chi connectivity index (χ2v) is 9.68. The summed E-state index contributed by atoms with van der Waals surface area (Å²) >= 11 is 0. The SMILES string of the molecule is COc1nn(-c2cnc(C(F)(F)F)cn2)cc1CN.COc1nn(-c2cnc(C(F)(F)F)cn2)cc1CN1C(=O)c2ccccc2C1=O. The van der Waals surface area contributed by atoms with E-state index in [0.717, 1.165) is 17.3 Å². The minimum Gasteiger partial charge on any atom is -0.480 e. The number of hydrogen-bond donors (Lipinski definition) is 1. The van der Waals surface area contributed by atoms with Gasteiger partial charge in [-0.1, -0.05) is 12.1 Å². The van der Waals surface area contributed by atoms with E-state index in [0.29, 0.717) is 40.5 Å². The molecule has 20 heteroatoms. The summed E-state index contributed by atoms with van der Waals surface area (Å²) < 4.78 is 87.5. The van der Waals surface area contributed by atoms with Crippen LogP contribution < -0.4 is 15.2 Å². The molecule has 0 bridgehead atoms. The maximum atomic E-state index is 12.6. The van der Waals surface area contributed by atoms with Crippen LogP contribution in [0.5, 0.6) is 11.8 Å². The van der Waals surface area contributed by atoms with Crippen LogP contribution in [0, 0.1) is 0 Å². The smallest absolute Gasteiger partial charge is 0.434 e. The third kappa shape index (κ3) is 6.77. The second kappa shape index (κ2) is 13.1. The molecule has 6 rings (SSSR count). The first kappa shape index (κ1) is 33.4. The van der Waals surface area contributed by atoms with Crippen molar-refractivity contribution in [2.24, 2.45) is 5.73 Å². The molecule has 4 aromatic heterocycles. The zero-order valence-electron chi connectivity index (χ0n) is 24.7. The molecule has 0 saturated carbocycles. The molecule has 0 fully saturated rings. The van der Waals surface area contributed by atoms with Crippen molar-refractivity contribution in [3.05, 3.63) is 95.1 Å². The molecular formula is C28H22F6N10O4. The number of fused-ring (bicyclic) bond motifs is 1. The average Bonchev–Trinajstić information content (AvgIpc) is 3.76. The van der Waals surface area contributed by atoms with Crippen LogP contribution in [0.4, 0.5) is 26.3 Å². The van der Waals surface area contributed by atoms with Gasteiger partial charge >= 0.3 is 12.4 Å². The number of hydrogen-bond acceptors (Lipinski definition) is 11. The largest absolute Gasteiger partial charge is 0.480 e. The maximum Gasteiger partial charge on any atom is 0.434 e. The molecule has 0 aliphatic carbocycles. The second-order valence-electron chi connectivity index (χ2n) is 9.68. The Bertz CT molecular complexity index is 1880. The molecular weight excluding hydrogens is 654 g/mol. The number of amides is 2. The van der Waals surface area contributed by atoms with Crippen molar-refractivity contribution in [1.29, 1.82) is 0 Å². The molecule has 5 aromatic rings. The summed E-state index contributed by atoms with van der Waals surface area (Å²) in [5, 5.41) is 8.09. The highest BCUT2D eigenvalue weighted by atomic mass is 19.4. The van der Waals surface area contributed by atoms with Crippen molar-refractivity contribution in [3.8, 4) is 23.4 Å². The lowest BCUT2D eigenvalue weighted by Crippen LogP contribution is -2.29. The van der Waals surface area contributed by atoms with Gasteiger partial charge in [-0.25, -0.2) is 29.3 Å². The molecule has 0 radical (unpaired) electrons. The lowest BCUT2D eigenvalue weighted by atomic mass is 10.1. The first-order chi connectivity index (χ1) is 22.7. The highest BCUT2D eigenvalue weighted by molar-refractivity contribution is 6.21. The number of benzene rings is 1. The molecule has 0 unspecified atom stereocenters. The van der Waals surface area contributed by atoms with E-state index >= 15 is 0 Å². The van der Waals surface area contributed by atoms with E-state index in [1.807, 2.05) is 0 Å². The topological polar surface area (TPSA) is 169 Å². The summed E-state index contributed by atoms with van der Waals surface area (Å²) in [7, 11) is 2.77. The minimum atomic E-state index is -4.61. The van der Waals surface area contributed by atoms with Gasteiger partial charge in [0.25, 0.3) is 11.8 Å². The van der Waals surface area contributed by atoms with Gasteiger partial charge in [0.05, 0.1) is 62.2 Å². The molecule has 1 aliphatic heterocycles. The molecule has 2 amide bonds. The van der Waals surface area contributed by atoms with Gasteiger partial charge in [-0.15, -0.1) is 10.2 Å². The van der Waals surface area contributed by atoms with Gasteiger partial charge in [0.15, 0.2) is 23.0 Å². The van der Waals surface area contributed by atoms with Crippen molar-refractivity contribution in [3.63, 3.8) is 0 Å². The molecule has 0 atom stereocenters. The number of carbonyl (C=O) groups excluding carboxylic acids is 2. The Morgan fingerprint density at radius 2 is 1.12 bits per heavy atom. The lowest BCUT2D eigenvalue weighted by Gasteiger charge is -2.12. The van der Waals surface area contributed by atoms with Gasteiger partial charge in [0, 0.05) is 24.5 Å².